The summed E-state index contributed by atoms with van der Waals surface area (Å²) in [6, 6.07) is 5.39. The average molecular weight is 252 g/mol. The molecule has 0 aromatic heterocycles. The van der Waals surface area contributed by atoms with Crippen LogP contribution in [0.1, 0.15) is 30.1 Å². The normalized spacial score (nSPS) is 11.9. The van der Waals surface area contributed by atoms with Crippen LogP contribution in [0.15, 0.2) is 24.3 Å². The first-order valence-corrected chi connectivity index (χ1v) is 5.75. The van der Waals surface area contributed by atoms with Crippen LogP contribution in [0.2, 0.25) is 0 Å². The van der Waals surface area contributed by atoms with Crippen molar-refractivity contribution >= 4 is 11.6 Å². The van der Waals surface area contributed by atoms with E-state index in [1.54, 1.807) is 0 Å². The highest BCUT2D eigenvalue weighted by Crippen LogP contribution is 2.11. The van der Waals surface area contributed by atoms with Crippen molar-refractivity contribution in [1.29, 1.82) is 0 Å². The summed E-state index contributed by atoms with van der Waals surface area (Å²) in [7, 11) is 0. The highest BCUT2D eigenvalue weighted by atomic mass is 16.6. The fourth-order valence-corrected chi connectivity index (χ4v) is 1.39. The van der Waals surface area contributed by atoms with Gasteiger partial charge in [-0.1, -0.05) is 6.92 Å². The maximum atomic E-state index is 11.6. The molecule has 1 rings (SSSR count). The van der Waals surface area contributed by atoms with E-state index in [-0.39, 0.29) is 11.6 Å². The Morgan fingerprint density at radius 3 is 2.56 bits per heavy atom. The number of non-ortho nitro benzene ring substituents is 1. The molecule has 1 atom stereocenters. The first kappa shape index (κ1) is 14.1. The van der Waals surface area contributed by atoms with Gasteiger partial charge in [-0.15, -0.1) is 0 Å². The molecule has 0 aliphatic rings. The fourth-order valence-electron chi connectivity index (χ4n) is 1.39. The van der Waals surface area contributed by atoms with Gasteiger partial charge >= 0.3 is 0 Å². The molecule has 0 saturated carbocycles. The van der Waals surface area contributed by atoms with Crippen LogP contribution in [-0.2, 0) is 0 Å². The lowest BCUT2D eigenvalue weighted by Crippen LogP contribution is -2.26. The Kier molecular flexibility index (Phi) is 5.26. The Morgan fingerprint density at radius 2 is 2.06 bits per heavy atom. The minimum Gasteiger partial charge on any atom is -0.393 e. The average Bonchev–Trinajstić information content (AvgIpc) is 2.38. The Morgan fingerprint density at radius 1 is 1.44 bits per heavy atom. The smallest absolute Gasteiger partial charge is 0.269 e. The van der Waals surface area contributed by atoms with Crippen LogP contribution in [0, 0.1) is 10.1 Å². The summed E-state index contributed by atoms with van der Waals surface area (Å²) < 4.78 is 0. The number of nitro groups is 1. The number of rotatable bonds is 6. The quantitative estimate of drug-likeness (QED) is 0.592. The van der Waals surface area contributed by atoms with Gasteiger partial charge in [-0.3, -0.25) is 14.9 Å². The highest BCUT2D eigenvalue weighted by Gasteiger charge is 2.09. The van der Waals surface area contributed by atoms with Gasteiger partial charge < -0.3 is 10.4 Å². The Labute approximate surface area is 105 Å². The predicted octanol–water partition coefficient (Wildman–Crippen LogP) is 1.49. The maximum Gasteiger partial charge on any atom is 0.269 e. The van der Waals surface area contributed by atoms with Crippen molar-refractivity contribution in [3.8, 4) is 0 Å². The van der Waals surface area contributed by atoms with Crippen LogP contribution in [-0.4, -0.2) is 28.6 Å². The number of nitrogens with one attached hydrogen (secondary N) is 1. The van der Waals surface area contributed by atoms with Gasteiger partial charge in [-0.25, -0.2) is 0 Å². The first-order chi connectivity index (χ1) is 8.54. The second-order valence-corrected chi connectivity index (χ2v) is 3.91. The zero-order chi connectivity index (χ0) is 13.5. The van der Waals surface area contributed by atoms with Crippen molar-refractivity contribution in [3.05, 3.63) is 39.9 Å². The second-order valence-electron chi connectivity index (χ2n) is 3.91. The third kappa shape index (κ3) is 4.14. The summed E-state index contributed by atoms with van der Waals surface area (Å²) in [4.78, 5) is 21.6. The van der Waals surface area contributed by atoms with Crippen molar-refractivity contribution < 1.29 is 14.8 Å². The molecule has 0 heterocycles. The van der Waals surface area contributed by atoms with Crippen molar-refractivity contribution in [3.63, 3.8) is 0 Å². The molecule has 6 heteroatoms. The van der Waals surface area contributed by atoms with Crippen molar-refractivity contribution in [2.24, 2.45) is 0 Å². The van der Waals surface area contributed by atoms with Crippen molar-refractivity contribution in [1.82, 2.24) is 5.32 Å². The molecule has 0 fully saturated rings. The minimum absolute atomic E-state index is 0.0482. The zero-order valence-electron chi connectivity index (χ0n) is 10.1. The van der Waals surface area contributed by atoms with Crippen LogP contribution < -0.4 is 5.32 Å². The largest absolute Gasteiger partial charge is 0.393 e. The Hall–Kier alpha value is -1.95. The van der Waals surface area contributed by atoms with Crippen LogP contribution in [0.5, 0.6) is 0 Å². The number of benzene rings is 1. The summed E-state index contributed by atoms with van der Waals surface area (Å²) in [5.41, 5.74) is 0.319. The van der Waals surface area contributed by atoms with E-state index in [4.69, 9.17) is 0 Å². The summed E-state index contributed by atoms with van der Waals surface area (Å²) in [6.45, 7) is 2.24. The van der Waals surface area contributed by atoms with E-state index in [0.29, 0.717) is 24.9 Å². The molecule has 0 aliphatic carbocycles. The molecule has 1 aromatic carbocycles. The molecule has 2 N–H and O–H groups in total. The fraction of sp³-hybridized carbons (Fsp3) is 0.417. The van der Waals surface area contributed by atoms with Gasteiger partial charge in [0.15, 0.2) is 0 Å². The first-order valence-electron chi connectivity index (χ1n) is 5.75. The number of carbonyl (C=O) groups excluding carboxylic acids is 1. The van der Waals surface area contributed by atoms with E-state index in [1.807, 2.05) is 6.92 Å². The van der Waals surface area contributed by atoms with Gasteiger partial charge in [0.2, 0.25) is 0 Å². The molecule has 1 amide bonds. The molecule has 0 spiro atoms. The standard InChI is InChI=1S/C12H16N2O4/c1-2-11(15)7-8-13-12(16)9-3-5-10(6-4-9)14(17)18/h3-6,11,15H,2,7-8H2,1H3,(H,13,16). The molecule has 0 bridgehead atoms. The van der Waals surface area contributed by atoms with E-state index in [0.717, 1.165) is 0 Å². The van der Waals surface area contributed by atoms with Gasteiger partial charge in [-0.2, -0.15) is 0 Å². The lowest BCUT2D eigenvalue weighted by molar-refractivity contribution is -0.384. The summed E-state index contributed by atoms with van der Waals surface area (Å²) in [5, 5.41) is 22.4. The molecule has 0 aliphatic heterocycles. The third-order valence-electron chi connectivity index (χ3n) is 2.57. The molecule has 18 heavy (non-hydrogen) atoms. The molecule has 1 aromatic rings. The Bertz CT molecular complexity index is 417. The number of nitro benzene ring substituents is 1. The number of nitrogens with zero attached hydrogens (tertiary/aromatic N) is 1. The second kappa shape index (κ2) is 6.70. The number of aliphatic hydroxyl groups is 1. The molecular formula is C12H16N2O4. The van der Waals surface area contributed by atoms with Crippen LogP contribution in [0.4, 0.5) is 5.69 Å². The van der Waals surface area contributed by atoms with Crippen molar-refractivity contribution in [2.45, 2.75) is 25.9 Å². The van der Waals surface area contributed by atoms with Gasteiger partial charge in [0.05, 0.1) is 11.0 Å². The summed E-state index contributed by atoms with van der Waals surface area (Å²) in [6.07, 6.45) is 0.727. The summed E-state index contributed by atoms with van der Waals surface area (Å²) in [5.74, 6) is -0.298. The SMILES string of the molecule is CCC(O)CCNC(=O)c1ccc([N+](=O)[O-])cc1. The molecule has 0 radical (unpaired) electrons. The number of hydrogen-bond acceptors (Lipinski definition) is 4. The topological polar surface area (TPSA) is 92.5 Å². The molecule has 1 unspecified atom stereocenters. The van der Waals surface area contributed by atoms with E-state index in [2.05, 4.69) is 5.32 Å². The van der Waals surface area contributed by atoms with Crippen molar-refractivity contribution in [2.75, 3.05) is 6.54 Å². The Balaban J connectivity index is 2.49. The highest BCUT2D eigenvalue weighted by molar-refractivity contribution is 5.94. The van der Waals surface area contributed by atoms with Gasteiger partial charge in [0.25, 0.3) is 11.6 Å². The summed E-state index contributed by atoms with van der Waals surface area (Å²) >= 11 is 0. The van der Waals surface area contributed by atoms with E-state index in [1.165, 1.54) is 24.3 Å². The number of aliphatic hydroxyl groups excluding tert-OH is 1. The third-order valence-corrected chi connectivity index (χ3v) is 2.57. The molecule has 0 saturated heterocycles. The molecule has 98 valence electrons. The minimum atomic E-state index is -0.515. The van der Waals surface area contributed by atoms with Crippen LogP contribution in [0.25, 0.3) is 0 Å². The molecular weight excluding hydrogens is 236 g/mol. The van der Waals surface area contributed by atoms with Gasteiger partial charge in [0.1, 0.15) is 0 Å². The van der Waals surface area contributed by atoms with Gasteiger partial charge in [-0.05, 0) is 25.0 Å². The van der Waals surface area contributed by atoms with Gasteiger partial charge in [0, 0.05) is 24.2 Å². The monoisotopic (exact) mass is 252 g/mol. The predicted molar refractivity (Wildman–Crippen MR) is 66.3 cm³/mol. The lowest BCUT2D eigenvalue weighted by Gasteiger charge is -2.08. The lowest BCUT2D eigenvalue weighted by atomic mass is 10.2. The van der Waals surface area contributed by atoms with E-state index in [9.17, 15) is 20.0 Å². The zero-order valence-corrected chi connectivity index (χ0v) is 10.1. The van der Waals surface area contributed by atoms with E-state index < -0.39 is 11.0 Å². The van der Waals surface area contributed by atoms with Crippen LogP contribution in [0.3, 0.4) is 0 Å². The number of hydrogen-bond donors (Lipinski definition) is 2. The molecule has 6 nitrogen and oxygen atoms in total. The maximum absolute atomic E-state index is 11.6. The van der Waals surface area contributed by atoms with Crippen LogP contribution >= 0.6 is 0 Å². The number of carbonyl (C=O) groups is 1. The van der Waals surface area contributed by atoms with E-state index >= 15 is 0 Å². The number of amides is 1.